The third-order valence-electron chi connectivity index (χ3n) is 13.6. The molecule has 0 spiro atoms. The van der Waals surface area contributed by atoms with Crippen LogP contribution >= 0.6 is 12.6 Å². The van der Waals surface area contributed by atoms with Crippen LogP contribution in [-0.2, 0) is 68.7 Å². The van der Waals surface area contributed by atoms with E-state index in [1.54, 1.807) is 55.4 Å². The molecule has 1 aromatic rings. The number of nitrogens with zero attached hydrogens (tertiary/aromatic N) is 1. The van der Waals surface area contributed by atoms with Gasteiger partial charge in [-0.15, -0.1) is 0 Å². The van der Waals surface area contributed by atoms with E-state index in [4.69, 9.17) is 22.9 Å². The van der Waals surface area contributed by atoms with Crippen LogP contribution in [0.1, 0.15) is 100.0 Å². The molecule has 23 N–H and O–H groups in total. The van der Waals surface area contributed by atoms with E-state index >= 15 is 0 Å². The van der Waals surface area contributed by atoms with E-state index in [9.17, 15) is 82.8 Å². The molecule has 12 atom stereocenters. The lowest BCUT2D eigenvalue weighted by molar-refractivity contribution is -0.143. The van der Waals surface area contributed by atoms with Crippen LogP contribution < -0.4 is 81.4 Å². The first-order valence-corrected chi connectivity index (χ1v) is 29.5. The molecular weight excluding hydrogens is 1190 g/mol. The molecule has 89 heavy (non-hydrogen) atoms. The molecule has 1 aromatic carbocycles. The molecule has 0 aliphatic heterocycles. The summed E-state index contributed by atoms with van der Waals surface area (Å²) in [5.74, 6) is -15.6. The van der Waals surface area contributed by atoms with Crippen LogP contribution in [0.2, 0.25) is 0 Å². The summed E-state index contributed by atoms with van der Waals surface area (Å²) >= 11 is 4.21. The van der Waals surface area contributed by atoms with Crippen molar-refractivity contribution in [2.75, 3.05) is 32.0 Å². The summed E-state index contributed by atoms with van der Waals surface area (Å²) in [4.78, 5) is 176. The van der Waals surface area contributed by atoms with Crippen molar-refractivity contribution in [2.45, 2.75) is 167 Å². The second-order valence-electron chi connectivity index (χ2n) is 22.3. The van der Waals surface area contributed by atoms with Crippen LogP contribution in [0.4, 0.5) is 0 Å². The Morgan fingerprint density at radius 3 is 1.57 bits per heavy atom. The van der Waals surface area contributed by atoms with Gasteiger partial charge in [0.2, 0.25) is 70.9 Å². The van der Waals surface area contributed by atoms with E-state index in [1.807, 2.05) is 0 Å². The molecule has 0 saturated carbocycles. The molecule has 1 rings (SSSR count). The standard InChI is InChI=1S/C55H92N16O17S/c1-10-28(8)43(70-48(81)35(20-38(56)75)66-51(84)41(57)26(4)5)53(86)67-36(23-72)49(82)68-37(24-89)50(83)63-32(12-11-17-60-55(58)59)45(78)64-33(18-25(2)3)46(79)65-34(19-30-13-15-31(74)16-14-30)47(80)71-44(29(9)73)52(85)62-21-39(76)61-22-40(77)69-42(27(6)7)54(87)88/h13-16,25-29,32-37,41-44,72-74,89H,10-12,17-24,57H2,1-9H3,(H2,56,75)(H,61,76)(H,62,85)(H,63,83)(H,64,78)(H,65,79)(H,66,84)(H,67,86)(H,68,82)(H,69,77)(H,70,81)(H,71,80)(H,87,88)(H4,58,59,60)/t28-,29+,32-,33-,34-,35-,36-,37-,41-,42-,43-,44-/m0/s1. The fourth-order valence-electron chi connectivity index (χ4n) is 8.14. The number of aliphatic carboxylic acids is 1. The van der Waals surface area contributed by atoms with Gasteiger partial charge in [-0.3, -0.25) is 62.5 Å². The molecule has 0 radical (unpaired) electrons. The molecule has 0 aromatic heterocycles. The SMILES string of the molecule is CC[C@H](C)[C@H](NC(=O)[C@H](CC(N)=O)NC(=O)[C@@H](N)C(C)C)C(=O)N[C@@H](CO)C(=O)N[C@@H](CS)C(=O)N[C@@H](CCCN=C(N)N)C(=O)N[C@@H](CC(C)C)C(=O)N[C@@H](Cc1ccc(O)cc1)C(=O)N[C@H](C(=O)NCC(=O)NCC(=O)N[C@H](C(=O)O)C(C)C)[C@@H](C)O. The molecule has 0 bridgehead atoms. The minimum Gasteiger partial charge on any atom is -0.508 e. The van der Waals surface area contributed by atoms with Crippen molar-refractivity contribution in [1.82, 2.24) is 58.5 Å². The number of carbonyl (C=O) groups excluding carboxylic acids is 12. The first-order valence-electron chi connectivity index (χ1n) is 28.8. The van der Waals surface area contributed by atoms with Crippen molar-refractivity contribution in [3.8, 4) is 5.75 Å². The van der Waals surface area contributed by atoms with Crippen LogP contribution in [0.25, 0.3) is 0 Å². The summed E-state index contributed by atoms with van der Waals surface area (Å²) in [6.45, 7) is 11.7. The maximum absolute atomic E-state index is 14.4. The third kappa shape index (κ3) is 29.0. The molecule has 0 heterocycles. The van der Waals surface area contributed by atoms with E-state index < -0.39 is 187 Å². The molecular formula is C55H92N16O17S. The number of nitrogens with two attached hydrogens (primary N) is 4. The zero-order valence-corrected chi connectivity index (χ0v) is 52.4. The number of benzene rings is 1. The fraction of sp³-hybridized carbons (Fsp3) is 0.636. The van der Waals surface area contributed by atoms with Gasteiger partial charge in [0.25, 0.3) is 0 Å². The van der Waals surface area contributed by atoms with Crippen molar-refractivity contribution in [1.29, 1.82) is 0 Å². The molecule has 0 saturated heterocycles. The van der Waals surface area contributed by atoms with E-state index in [0.717, 1.165) is 6.92 Å². The summed E-state index contributed by atoms with van der Waals surface area (Å²) in [6.07, 6.45) is -2.54. The van der Waals surface area contributed by atoms with Gasteiger partial charge in [0.05, 0.1) is 38.3 Å². The van der Waals surface area contributed by atoms with Gasteiger partial charge < -0.3 is 102 Å². The maximum atomic E-state index is 14.4. The van der Waals surface area contributed by atoms with Crippen LogP contribution in [0, 0.1) is 23.7 Å². The van der Waals surface area contributed by atoms with Gasteiger partial charge in [0, 0.05) is 18.7 Å². The average molecular weight is 1280 g/mol. The highest BCUT2D eigenvalue weighted by Gasteiger charge is 2.37. The Bertz CT molecular complexity index is 2620. The molecule has 0 unspecified atom stereocenters. The van der Waals surface area contributed by atoms with E-state index in [1.165, 1.54) is 24.3 Å². The van der Waals surface area contributed by atoms with Gasteiger partial charge in [-0.25, -0.2) is 4.79 Å². The lowest BCUT2D eigenvalue weighted by Crippen LogP contribution is -2.62. The second kappa shape index (κ2) is 39.5. The minimum absolute atomic E-state index is 0.0466. The van der Waals surface area contributed by atoms with Gasteiger partial charge >= 0.3 is 5.97 Å². The van der Waals surface area contributed by atoms with Gasteiger partial charge in [0.1, 0.15) is 60.1 Å². The predicted octanol–water partition coefficient (Wildman–Crippen LogP) is -6.42. The number of rotatable bonds is 40. The Morgan fingerprint density at radius 2 is 1.06 bits per heavy atom. The highest BCUT2D eigenvalue weighted by molar-refractivity contribution is 7.80. The summed E-state index contributed by atoms with van der Waals surface area (Å²) in [7, 11) is 0. The van der Waals surface area contributed by atoms with Gasteiger partial charge in [0.15, 0.2) is 5.96 Å². The zero-order chi connectivity index (χ0) is 68.0. The number of guanidine groups is 1. The first-order chi connectivity index (χ1) is 41.6. The second-order valence-corrected chi connectivity index (χ2v) is 22.7. The maximum Gasteiger partial charge on any atom is 0.326 e. The van der Waals surface area contributed by atoms with Gasteiger partial charge in [-0.1, -0.05) is 73.9 Å². The highest BCUT2D eigenvalue weighted by Crippen LogP contribution is 2.15. The quantitative estimate of drug-likeness (QED) is 0.0126. The average Bonchev–Trinajstić information content (AvgIpc) is 2.98. The lowest BCUT2D eigenvalue weighted by atomic mass is 9.97. The molecule has 500 valence electrons. The summed E-state index contributed by atoms with van der Waals surface area (Å²) in [6, 6.07) is -9.48. The fourth-order valence-corrected chi connectivity index (χ4v) is 8.40. The molecule has 33 nitrogen and oxygen atoms in total. The van der Waals surface area contributed by atoms with E-state index in [0.29, 0.717) is 5.56 Å². The molecule has 12 amide bonds. The number of aliphatic imine (C=N–C) groups is 1. The first kappa shape index (κ1) is 78.6. The Balaban J connectivity index is 3.49. The number of aliphatic hydroxyl groups excluding tert-OH is 2. The van der Waals surface area contributed by atoms with Crippen molar-refractivity contribution in [3.63, 3.8) is 0 Å². The number of carboxylic acid groups (broad SMARTS) is 1. The predicted molar refractivity (Wildman–Crippen MR) is 326 cm³/mol. The number of primary amides is 1. The van der Waals surface area contributed by atoms with Crippen molar-refractivity contribution >= 4 is 95.4 Å². The largest absolute Gasteiger partial charge is 0.508 e. The third-order valence-corrected chi connectivity index (χ3v) is 14.0. The monoisotopic (exact) mass is 1280 g/mol. The van der Waals surface area contributed by atoms with Crippen molar-refractivity contribution in [3.05, 3.63) is 29.8 Å². The number of nitrogens with one attached hydrogen (secondary N) is 11. The number of hydrogen-bond donors (Lipinski definition) is 20. The number of phenols is 1. The van der Waals surface area contributed by atoms with Crippen LogP contribution in [0.15, 0.2) is 29.3 Å². The van der Waals surface area contributed by atoms with E-state index in [-0.39, 0.29) is 62.2 Å². The highest BCUT2D eigenvalue weighted by atomic mass is 32.1. The molecule has 0 aliphatic rings. The van der Waals surface area contributed by atoms with Crippen molar-refractivity contribution < 1.29 is 82.8 Å². The van der Waals surface area contributed by atoms with Gasteiger partial charge in [-0.05, 0) is 67.6 Å². The number of amides is 12. The zero-order valence-electron chi connectivity index (χ0n) is 51.5. The number of aliphatic hydroxyl groups is 2. The number of phenolic OH excluding ortho intramolecular Hbond substituents is 1. The Kier molecular flexibility index (Phi) is 34.9. The number of carbonyl (C=O) groups is 13. The molecule has 0 aliphatic carbocycles. The Labute approximate surface area is 521 Å². The van der Waals surface area contributed by atoms with Gasteiger partial charge in [-0.2, -0.15) is 12.6 Å². The molecule has 34 heteroatoms. The smallest absolute Gasteiger partial charge is 0.326 e. The van der Waals surface area contributed by atoms with E-state index in [2.05, 4.69) is 76.1 Å². The number of aromatic hydroxyl groups is 1. The number of hydrogen-bond acceptors (Lipinski definition) is 19. The lowest BCUT2D eigenvalue weighted by Gasteiger charge is -2.29. The Hall–Kier alpha value is -8.37. The summed E-state index contributed by atoms with van der Waals surface area (Å²) in [5, 5.41) is 66.6. The van der Waals surface area contributed by atoms with Crippen LogP contribution in [-0.4, -0.2) is 202 Å². The van der Waals surface area contributed by atoms with Crippen LogP contribution in [0.5, 0.6) is 5.75 Å². The minimum atomic E-state index is -1.77. The summed E-state index contributed by atoms with van der Waals surface area (Å²) < 4.78 is 0. The number of thiol groups is 1. The van der Waals surface area contributed by atoms with Crippen molar-refractivity contribution in [2.24, 2.45) is 51.6 Å². The normalized spacial score (nSPS) is 15.2. The van der Waals surface area contributed by atoms with Crippen LogP contribution in [0.3, 0.4) is 0 Å². The summed E-state index contributed by atoms with van der Waals surface area (Å²) in [5.41, 5.74) is 22.7. The Morgan fingerprint density at radius 1 is 0.562 bits per heavy atom. The molecule has 0 fully saturated rings. The topological polar surface area (TPSA) is 552 Å². The number of carboxylic acids is 1.